The van der Waals surface area contributed by atoms with Gasteiger partial charge < -0.3 is 10.4 Å². The van der Waals surface area contributed by atoms with E-state index in [0.717, 1.165) is 0 Å². The van der Waals surface area contributed by atoms with E-state index in [9.17, 15) is 14.0 Å². The molecular weight excluding hydrogens is 227 g/mol. The zero-order chi connectivity index (χ0) is 12.8. The highest BCUT2D eigenvalue weighted by molar-refractivity contribution is 5.92. The smallest absolute Gasteiger partial charge is 0.320 e. The number of hydrogen-bond donors (Lipinski definition) is 3. The quantitative estimate of drug-likeness (QED) is 0.712. The predicted octanol–water partition coefficient (Wildman–Crippen LogP) is 0.827. The number of carbonyl (C=O) groups is 2. The lowest BCUT2D eigenvalue weighted by atomic mass is 10.3. The topological polar surface area (TPSA) is 78.4 Å². The van der Waals surface area contributed by atoms with Gasteiger partial charge in [-0.1, -0.05) is 12.1 Å². The molecule has 1 aromatic rings. The van der Waals surface area contributed by atoms with Crippen LogP contribution < -0.4 is 10.6 Å². The minimum Gasteiger partial charge on any atom is -0.480 e. The van der Waals surface area contributed by atoms with Crippen LogP contribution in [0.4, 0.5) is 10.1 Å². The zero-order valence-electron chi connectivity index (χ0n) is 9.24. The Morgan fingerprint density at radius 1 is 1.41 bits per heavy atom. The van der Waals surface area contributed by atoms with Crippen LogP contribution in [0.15, 0.2) is 24.3 Å². The molecule has 0 spiro atoms. The van der Waals surface area contributed by atoms with Crippen molar-refractivity contribution in [3.63, 3.8) is 0 Å². The third-order valence-corrected chi connectivity index (χ3v) is 2.09. The molecule has 0 saturated heterocycles. The molecule has 92 valence electrons. The minimum absolute atomic E-state index is 0.0716. The number of carboxylic acid groups (broad SMARTS) is 1. The van der Waals surface area contributed by atoms with Crippen molar-refractivity contribution in [3.05, 3.63) is 30.1 Å². The lowest BCUT2D eigenvalue weighted by Crippen LogP contribution is -2.39. The van der Waals surface area contributed by atoms with E-state index >= 15 is 0 Å². The summed E-state index contributed by atoms with van der Waals surface area (Å²) in [5.41, 5.74) is 0.0716. The van der Waals surface area contributed by atoms with E-state index < -0.39 is 23.7 Å². The molecular formula is C11H13FN2O3. The molecule has 0 fully saturated rings. The summed E-state index contributed by atoms with van der Waals surface area (Å²) >= 11 is 0. The second-order valence-electron chi connectivity index (χ2n) is 3.47. The number of rotatable bonds is 5. The first-order valence-electron chi connectivity index (χ1n) is 5.01. The molecule has 0 saturated carbocycles. The fourth-order valence-corrected chi connectivity index (χ4v) is 1.09. The Hall–Kier alpha value is -1.95. The molecule has 0 aliphatic heterocycles. The van der Waals surface area contributed by atoms with Crippen LogP contribution in [0.5, 0.6) is 0 Å². The summed E-state index contributed by atoms with van der Waals surface area (Å²) in [5.74, 6) is -2.08. The van der Waals surface area contributed by atoms with Gasteiger partial charge in [0.2, 0.25) is 5.91 Å². The normalized spacial score (nSPS) is 11.9. The van der Waals surface area contributed by atoms with E-state index in [1.54, 1.807) is 6.07 Å². The molecule has 1 amide bonds. The molecule has 0 radical (unpaired) electrons. The number of carboxylic acids is 1. The zero-order valence-corrected chi connectivity index (χ0v) is 9.24. The first-order chi connectivity index (χ1) is 8.00. The molecule has 0 heterocycles. The van der Waals surface area contributed by atoms with E-state index in [2.05, 4.69) is 10.6 Å². The Labute approximate surface area is 97.6 Å². The standard InChI is InChI=1S/C11H13FN2O3/c1-7(11(16)17)13-6-10(15)14-9-5-3-2-4-8(9)12/h2-5,7,13H,6H2,1H3,(H,14,15)(H,16,17). The van der Waals surface area contributed by atoms with Gasteiger partial charge in [0, 0.05) is 0 Å². The number of anilines is 1. The van der Waals surface area contributed by atoms with E-state index in [1.165, 1.54) is 25.1 Å². The van der Waals surface area contributed by atoms with Crippen LogP contribution in [-0.4, -0.2) is 29.6 Å². The molecule has 6 heteroatoms. The van der Waals surface area contributed by atoms with Crippen LogP contribution in [0.2, 0.25) is 0 Å². The Morgan fingerprint density at radius 2 is 2.06 bits per heavy atom. The molecule has 1 aromatic carbocycles. The summed E-state index contributed by atoms with van der Waals surface area (Å²) in [6, 6.07) is 4.92. The Kier molecular flexibility index (Phi) is 4.59. The molecule has 0 aliphatic carbocycles. The van der Waals surface area contributed by atoms with Gasteiger partial charge in [-0.15, -0.1) is 0 Å². The average molecular weight is 240 g/mol. The van der Waals surface area contributed by atoms with E-state index in [4.69, 9.17) is 5.11 Å². The number of carbonyl (C=O) groups excluding carboxylic acids is 1. The molecule has 5 nitrogen and oxygen atoms in total. The third-order valence-electron chi connectivity index (χ3n) is 2.09. The summed E-state index contributed by atoms with van der Waals surface area (Å²) < 4.78 is 13.1. The van der Waals surface area contributed by atoms with Crippen molar-refractivity contribution in [2.45, 2.75) is 13.0 Å². The number of halogens is 1. The van der Waals surface area contributed by atoms with Gasteiger partial charge in [-0.3, -0.25) is 14.9 Å². The molecule has 1 unspecified atom stereocenters. The van der Waals surface area contributed by atoms with Crippen LogP contribution in [0.3, 0.4) is 0 Å². The molecule has 17 heavy (non-hydrogen) atoms. The van der Waals surface area contributed by atoms with Crippen molar-refractivity contribution in [2.75, 3.05) is 11.9 Å². The van der Waals surface area contributed by atoms with Crippen LogP contribution in [0, 0.1) is 5.82 Å². The summed E-state index contributed by atoms with van der Waals surface area (Å²) in [7, 11) is 0. The number of benzene rings is 1. The predicted molar refractivity (Wildman–Crippen MR) is 60.1 cm³/mol. The largest absolute Gasteiger partial charge is 0.480 e. The van der Waals surface area contributed by atoms with Gasteiger partial charge in [0.25, 0.3) is 0 Å². The molecule has 0 aromatic heterocycles. The number of aliphatic carboxylic acids is 1. The van der Waals surface area contributed by atoms with Gasteiger partial charge in [-0.2, -0.15) is 0 Å². The summed E-state index contributed by atoms with van der Waals surface area (Å²) in [6.45, 7) is 1.22. The number of para-hydroxylation sites is 1. The maximum atomic E-state index is 13.1. The van der Waals surface area contributed by atoms with Crippen LogP contribution >= 0.6 is 0 Å². The highest BCUT2D eigenvalue weighted by atomic mass is 19.1. The average Bonchev–Trinajstić information content (AvgIpc) is 2.29. The highest BCUT2D eigenvalue weighted by Gasteiger charge is 2.12. The second kappa shape index (κ2) is 5.95. The highest BCUT2D eigenvalue weighted by Crippen LogP contribution is 2.11. The van der Waals surface area contributed by atoms with E-state index in [1.807, 2.05) is 0 Å². The van der Waals surface area contributed by atoms with E-state index in [0.29, 0.717) is 0 Å². The second-order valence-corrected chi connectivity index (χ2v) is 3.47. The van der Waals surface area contributed by atoms with Crippen molar-refractivity contribution < 1.29 is 19.1 Å². The van der Waals surface area contributed by atoms with Gasteiger partial charge in [-0.05, 0) is 19.1 Å². The third kappa shape index (κ3) is 4.20. The van der Waals surface area contributed by atoms with E-state index in [-0.39, 0.29) is 12.2 Å². The van der Waals surface area contributed by atoms with Gasteiger partial charge in [0.1, 0.15) is 11.9 Å². The van der Waals surface area contributed by atoms with Gasteiger partial charge in [-0.25, -0.2) is 4.39 Å². The van der Waals surface area contributed by atoms with Crippen molar-refractivity contribution in [2.24, 2.45) is 0 Å². The number of nitrogens with one attached hydrogen (secondary N) is 2. The fraction of sp³-hybridized carbons (Fsp3) is 0.273. The Morgan fingerprint density at radius 3 is 2.65 bits per heavy atom. The number of amides is 1. The van der Waals surface area contributed by atoms with Crippen LogP contribution in [0.25, 0.3) is 0 Å². The maximum absolute atomic E-state index is 13.1. The first-order valence-corrected chi connectivity index (χ1v) is 5.01. The van der Waals surface area contributed by atoms with Crippen LogP contribution in [-0.2, 0) is 9.59 Å². The first kappa shape index (κ1) is 13.1. The van der Waals surface area contributed by atoms with Gasteiger partial charge in [0.15, 0.2) is 0 Å². The fourth-order valence-electron chi connectivity index (χ4n) is 1.09. The molecule has 0 aliphatic rings. The van der Waals surface area contributed by atoms with Crippen molar-refractivity contribution in [3.8, 4) is 0 Å². The molecule has 0 bridgehead atoms. The summed E-state index contributed by atoms with van der Waals surface area (Å²) in [5, 5.41) is 13.4. The van der Waals surface area contributed by atoms with Gasteiger partial charge in [0.05, 0.1) is 12.2 Å². The minimum atomic E-state index is -1.05. The monoisotopic (exact) mass is 240 g/mol. The molecule has 1 atom stereocenters. The van der Waals surface area contributed by atoms with Gasteiger partial charge >= 0.3 is 5.97 Å². The lowest BCUT2D eigenvalue weighted by Gasteiger charge is -2.09. The van der Waals surface area contributed by atoms with Crippen molar-refractivity contribution in [1.29, 1.82) is 0 Å². The summed E-state index contributed by atoms with van der Waals surface area (Å²) in [6.07, 6.45) is 0. The Balaban J connectivity index is 2.46. The van der Waals surface area contributed by atoms with Crippen LogP contribution in [0.1, 0.15) is 6.92 Å². The molecule has 1 rings (SSSR count). The maximum Gasteiger partial charge on any atom is 0.320 e. The Bertz CT molecular complexity index is 423. The SMILES string of the molecule is CC(NCC(=O)Nc1ccccc1F)C(=O)O. The lowest BCUT2D eigenvalue weighted by molar-refractivity contribution is -0.139. The summed E-state index contributed by atoms with van der Waals surface area (Å²) in [4.78, 5) is 21.8. The molecule has 3 N–H and O–H groups in total. The van der Waals surface area contributed by atoms with Crippen molar-refractivity contribution >= 4 is 17.6 Å². The number of hydrogen-bond acceptors (Lipinski definition) is 3. The van der Waals surface area contributed by atoms with Crippen molar-refractivity contribution in [1.82, 2.24) is 5.32 Å².